The molecule has 0 aromatic carbocycles. The topological polar surface area (TPSA) is 3.24 Å². The van der Waals surface area contributed by atoms with Gasteiger partial charge in [0, 0.05) is 12.6 Å². The molecule has 2 aliphatic rings. The van der Waals surface area contributed by atoms with Crippen molar-refractivity contribution in [2.45, 2.75) is 64.6 Å². The molecule has 1 nitrogen and oxygen atoms in total. The minimum absolute atomic E-state index is 0.516. The molecule has 0 radical (unpaired) electrons. The van der Waals surface area contributed by atoms with E-state index in [-0.39, 0.29) is 0 Å². The lowest BCUT2D eigenvalue weighted by atomic mass is 9.86. The van der Waals surface area contributed by atoms with Crippen LogP contribution in [-0.2, 0) is 0 Å². The second-order valence-electron chi connectivity index (χ2n) is 6.10. The number of hydrogen-bond donors (Lipinski definition) is 0. The van der Waals surface area contributed by atoms with Crippen LogP contribution in [0, 0.1) is 11.8 Å². The highest BCUT2D eigenvalue weighted by atomic mass is 19.1. The normalized spacial score (nSPS) is 42.2. The van der Waals surface area contributed by atoms with E-state index in [0.717, 1.165) is 31.7 Å². The maximum atomic E-state index is 13.3. The fraction of sp³-hybridized carbons (Fsp3) is 1.00. The van der Waals surface area contributed by atoms with Crippen LogP contribution in [0.3, 0.4) is 0 Å². The Labute approximate surface area is 99.4 Å². The van der Waals surface area contributed by atoms with Gasteiger partial charge in [0.15, 0.2) is 0 Å². The van der Waals surface area contributed by atoms with Crippen LogP contribution in [-0.4, -0.2) is 30.2 Å². The van der Waals surface area contributed by atoms with Gasteiger partial charge in [-0.1, -0.05) is 13.3 Å². The van der Waals surface area contributed by atoms with Crippen molar-refractivity contribution >= 4 is 0 Å². The van der Waals surface area contributed by atoms with Crippen LogP contribution in [0.25, 0.3) is 0 Å². The van der Waals surface area contributed by atoms with Gasteiger partial charge in [0.25, 0.3) is 0 Å². The molecule has 1 aliphatic carbocycles. The second kappa shape index (κ2) is 5.48. The van der Waals surface area contributed by atoms with Crippen LogP contribution in [0.5, 0.6) is 0 Å². The first-order valence-corrected chi connectivity index (χ1v) is 7.03. The van der Waals surface area contributed by atoms with E-state index in [1.54, 1.807) is 0 Å². The first-order valence-electron chi connectivity index (χ1n) is 7.03. The van der Waals surface area contributed by atoms with Gasteiger partial charge >= 0.3 is 0 Å². The van der Waals surface area contributed by atoms with E-state index >= 15 is 0 Å². The molecule has 0 N–H and O–H groups in total. The molecule has 94 valence electrons. The molecule has 0 aromatic heterocycles. The molecule has 2 fully saturated rings. The highest BCUT2D eigenvalue weighted by Gasteiger charge is 2.28. The minimum atomic E-state index is -0.516. The third-order valence-corrected chi connectivity index (χ3v) is 4.49. The molecule has 4 unspecified atom stereocenters. The Balaban J connectivity index is 1.80. The van der Waals surface area contributed by atoms with E-state index in [1.807, 2.05) is 0 Å². The zero-order valence-electron chi connectivity index (χ0n) is 10.8. The number of halogens is 1. The van der Waals surface area contributed by atoms with Gasteiger partial charge in [-0.2, -0.15) is 0 Å². The summed E-state index contributed by atoms with van der Waals surface area (Å²) in [5.41, 5.74) is 0. The molecule has 1 aliphatic heterocycles. The first kappa shape index (κ1) is 12.3. The van der Waals surface area contributed by atoms with Gasteiger partial charge in [-0.15, -0.1) is 0 Å². The Hall–Kier alpha value is -0.110. The average Bonchev–Trinajstić information content (AvgIpc) is 2.22. The predicted octanol–water partition coefficient (Wildman–Crippen LogP) is 3.64. The van der Waals surface area contributed by atoms with E-state index in [4.69, 9.17) is 0 Å². The summed E-state index contributed by atoms with van der Waals surface area (Å²) < 4.78 is 13.3. The maximum absolute atomic E-state index is 13.3. The minimum Gasteiger partial charge on any atom is -0.300 e. The maximum Gasteiger partial charge on any atom is 0.100 e. The summed E-state index contributed by atoms with van der Waals surface area (Å²) in [4.78, 5) is 2.60. The quantitative estimate of drug-likeness (QED) is 0.696. The first-order chi connectivity index (χ1) is 7.65. The largest absolute Gasteiger partial charge is 0.300 e. The highest BCUT2D eigenvalue weighted by molar-refractivity contribution is 4.81. The van der Waals surface area contributed by atoms with Gasteiger partial charge in [-0.05, 0) is 57.4 Å². The molecule has 2 rings (SSSR count). The molecule has 1 saturated carbocycles. The number of likely N-dealkylation sites (tertiary alicyclic amines) is 1. The van der Waals surface area contributed by atoms with E-state index < -0.39 is 6.17 Å². The van der Waals surface area contributed by atoms with Crippen molar-refractivity contribution in [3.05, 3.63) is 0 Å². The zero-order chi connectivity index (χ0) is 11.5. The SMILES string of the molecule is CC1CCN(CC2CCCC(F)C2)C(C)C1. The van der Waals surface area contributed by atoms with Crippen LogP contribution < -0.4 is 0 Å². The molecule has 16 heavy (non-hydrogen) atoms. The van der Waals surface area contributed by atoms with Gasteiger partial charge in [0.05, 0.1) is 0 Å². The van der Waals surface area contributed by atoms with E-state index in [2.05, 4.69) is 18.7 Å². The Bertz CT molecular complexity index is 219. The molecule has 0 aromatic rings. The molecule has 2 heteroatoms. The number of alkyl halides is 1. The van der Waals surface area contributed by atoms with Crippen LogP contribution in [0.15, 0.2) is 0 Å². The van der Waals surface area contributed by atoms with Crippen molar-refractivity contribution in [1.82, 2.24) is 4.90 Å². The third kappa shape index (κ3) is 3.19. The van der Waals surface area contributed by atoms with Gasteiger partial charge in [-0.3, -0.25) is 0 Å². The summed E-state index contributed by atoms with van der Waals surface area (Å²) in [5, 5.41) is 0. The number of nitrogens with zero attached hydrogens (tertiary/aromatic N) is 1. The van der Waals surface area contributed by atoms with E-state index in [9.17, 15) is 4.39 Å². The molecule has 0 bridgehead atoms. The van der Waals surface area contributed by atoms with Crippen LogP contribution in [0.1, 0.15) is 52.4 Å². The monoisotopic (exact) mass is 227 g/mol. The molecule has 1 heterocycles. The zero-order valence-corrected chi connectivity index (χ0v) is 10.8. The van der Waals surface area contributed by atoms with Crippen molar-refractivity contribution in [3.63, 3.8) is 0 Å². The van der Waals surface area contributed by atoms with Crippen molar-refractivity contribution in [3.8, 4) is 0 Å². The highest BCUT2D eigenvalue weighted by Crippen LogP contribution is 2.30. The summed E-state index contributed by atoms with van der Waals surface area (Å²) in [7, 11) is 0. The van der Waals surface area contributed by atoms with E-state index in [0.29, 0.717) is 12.0 Å². The van der Waals surface area contributed by atoms with Crippen LogP contribution in [0.2, 0.25) is 0 Å². The molecular weight excluding hydrogens is 201 g/mol. The lowest BCUT2D eigenvalue weighted by molar-refractivity contribution is 0.0851. The smallest absolute Gasteiger partial charge is 0.100 e. The molecule has 0 spiro atoms. The lowest BCUT2D eigenvalue weighted by Crippen LogP contribution is -2.43. The molecule has 1 saturated heterocycles. The Morgan fingerprint density at radius 2 is 1.94 bits per heavy atom. The summed E-state index contributed by atoms with van der Waals surface area (Å²) in [6.45, 7) is 7.07. The lowest BCUT2D eigenvalue weighted by Gasteiger charge is -2.39. The van der Waals surface area contributed by atoms with E-state index in [1.165, 1.54) is 25.8 Å². The standard InChI is InChI=1S/C14H26FN/c1-11-6-7-16(12(2)8-11)10-13-4-3-5-14(15)9-13/h11-14H,3-10H2,1-2H3. The summed E-state index contributed by atoms with van der Waals surface area (Å²) in [5.74, 6) is 1.51. The van der Waals surface area contributed by atoms with Crippen LogP contribution >= 0.6 is 0 Å². The third-order valence-electron chi connectivity index (χ3n) is 4.49. The van der Waals surface area contributed by atoms with Gasteiger partial charge in [0.1, 0.15) is 6.17 Å². The molecular formula is C14H26FN. The van der Waals surface area contributed by atoms with Gasteiger partial charge in [0.2, 0.25) is 0 Å². The number of piperidine rings is 1. The second-order valence-corrected chi connectivity index (χ2v) is 6.10. The number of hydrogen-bond acceptors (Lipinski definition) is 1. The fourth-order valence-corrected chi connectivity index (χ4v) is 3.45. The van der Waals surface area contributed by atoms with Gasteiger partial charge < -0.3 is 4.90 Å². The van der Waals surface area contributed by atoms with Gasteiger partial charge in [-0.25, -0.2) is 4.39 Å². The molecule has 4 atom stereocenters. The molecule has 0 amide bonds. The predicted molar refractivity (Wildman–Crippen MR) is 66.3 cm³/mol. The Morgan fingerprint density at radius 3 is 2.62 bits per heavy atom. The van der Waals surface area contributed by atoms with Crippen molar-refractivity contribution < 1.29 is 4.39 Å². The number of rotatable bonds is 2. The average molecular weight is 227 g/mol. The summed E-state index contributed by atoms with van der Waals surface area (Å²) in [6, 6.07) is 0.712. The Morgan fingerprint density at radius 1 is 1.12 bits per heavy atom. The van der Waals surface area contributed by atoms with Crippen LogP contribution in [0.4, 0.5) is 4.39 Å². The summed E-state index contributed by atoms with van der Waals surface area (Å²) in [6.07, 6.45) is 6.12. The van der Waals surface area contributed by atoms with Crippen molar-refractivity contribution in [2.24, 2.45) is 11.8 Å². The summed E-state index contributed by atoms with van der Waals surface area (Å²) >= 11 is 0. The fourth-order valence-electron chi connectivity index (χ4n) is 3.45. The van der Waals surface area contributed by atoms with Crippen molar-refractivity contribution in [2.75, 3.05) is 13.1 Å². The Kier molecular flexibility index (Phi) is 4.23. The van der Waals surface area contributed by atoms with Crippen molar-refractivity contribution in [1.29, 1.82) is 0 Å².